The van der Waals surface area contributed by atoms with Crippen molar-refractivity contribution in [2.24, 2.45) is 5.73 Å². The Balaban J connectivity index is 2.22. The molecule has 0 aliphatic carbocycles. The van der Waals surface area contributed by atoms with E-state index in [0.29, 0.717) is 16.4 Å². The largest absolute Gasteiger partial charge is 0.349 e. The van der Waals surface area contributed by atoms with Crippen LogP contribution >= 0.6 is 22.7 Å². The molecular weight excluding hydrogens is 242 g/mol. The van der Waals surface area contributed by atoms with Gasteiger partial charge in [-0.15, -0.1) is 22.7 Å². The van der Waals surface area contributed by atoms with Gasteiger partial charge in [-0.05, 0) is 18.4 Å². The quantitative estimate of drug-likeness (QED) is 0.590. The van der Waals surface area contributed by atoms with E-state index in [9.17, 15) is 4.79 Å². The molecule has 0 spiro atoms. The van der Waals surface area contributed by atoms with Gasteiger partial charge in [-0.3, -0.25) is 5.73 Å². The molecule has 2 aromatic heterocycles. The Morgan fingerprint density at radius 2 is 2.31 bits per heavy atom. The fourth-order valence-corrected chi connectivity index (χ4v) is 2.37. The maximum Gasteiger partial charge on any atom is 0.349 e. The molecule has 0 aliphatic rings. The van der Waals surface area contributed by atoms with Gasteiger partial charge in [0, 0.05) is 5.38 Å². The summed E-state index contributed by atoms with van der Waals surface area (Å²) >= 11 is 2.87. The Bertz CT molecular complexity index is 528. The molecule has 4 nitrogen and oxygen atoms in total. The van der Waals surface area contributed by atoms with Crippen molar-refractivity contribution in [3.8, 4) is 0 Å². The lowest BCUT2D eigenvalue weighted by Gasteiger charge is -1.88. The molecule has 0 aliphatic heterocycles. The second kappa shape index (κ2) is 4.54. The van der Waals surface area contributed by atoms with E-state index in [-0.39, 0.29) is 5.91 Å². The lowest BCUT2D eigenvalue weighted by atomic mass is 10.4. The summed E-state index contributed by atoms with van der Waals surface area (Å²) in [5, 5.41) is 4.58. The van der Waals surface area contributed by atoms with E-state index >= 15 is 0 Å². The molecule has 2 rings (SSSR count). The highest BCUT2D eigenvalue weighted by Gasteiger charge is 2.13. The van der Waals surface area contributed by atoms with Crippen LogP contribution in [0.2, 0.25) is 0 Å². The number of rotatable bonds is 2. The fourth-order valence-electron chi connectivity index (χ4n) is 1.14. The molecule has 0 saturated heterocycles. The monoisotopic (exact) mass is 252 g/mol. The number of carbonyl (C=O) groups excluding carboxylic acids is 1. The third kappa shape index (κ3) is 2.34. The molecule has 1 amide bonds. The molecule has 0 unspecified atom stereocenters. The SMILES string of the molecule is Cc1nc(C(N)=[NH+]C(=O)c2cccs2)cs1. The van der Waals surface area contributed by atoms with Gasteiger partial charge in [-0.1, -0.05) is 6.07 Å². The molecule has 0 fully saturated rings. The van der Waals surface area contributed by atoms with Crippen molar-refractivity contribution in [1.82, 2.24) is 4.98 Å². The summed E-state index contributed by atoms with van der Waals surface area (Å²) in [6.45, 7) is 1.89. The smallest absolute Gasteiger partial charge is 0.285 e. The Hall–Kier alpha value is -1.53. The van der Waals surface area contributed by atoms with Gasteiger partial charge in [0.25, 0.3) is 5.84 Å². The van der Waals surface area contributed by atoms with Crippen molar-refractivity contribution in [3.63, 3.8) is 0 Å². The Morgan fingerprint density at radius 3 is 2.88 bits per heavy atom. The summed E-state index contributed by atoms with van der Waals surface area (Å²) in [5.74, 6) is 0.0981. The number of thiazole rings is 1. The lowest BCUT2D eigenvalue weighted by Crippen LogP contribution is -2.79. The minimum Gasteiger partial charge on any atom is -0.285 e. The van der Waals surface area contributed by atoms with E-state index in [0.717, 1.165) is 5.01 Å². The van der Waals surface area contributed by atoms with Gasteiger partial charge in [-0.25, -0.2) is 14.8 Å². The van der Waals surface area contributed by atoms with E-state index in [1.54, 1.807) is 6.07 Å². The van der Waals surface area contributed by atoms with E-state index < -0.39 is 0 Å². The first-order chi connectivity index (χ1) is 7.66. The molecule has 0 radical (unpaired) electrons. The molecule has 16 heavy (non-hydrogen) atoms. The number of aryl methyl sites for hydroxylation is 1. The normalized spacial score (nSPS) is 11.7. The number of thiophene rings is 1. The summed E-state index contributed by atoms with van der Waals surface area (Å²) in [4.78, 5) is 19.1. The second-order valence-electron chi connectivity index (χ2n) is 3.10. The van der Waals surface area contributed by atoms with E-state index in [2.05, 4.69) is 9.98 Å². The number of amides is 1. The van der Waals surface area contributed by atoms with Gasteiger partial charge in [-0.2, -0.15) is 0 Å². The summed E-state index contributed by atoms with van der Waals surface area (Å²) in [6.07, 6.45) is 0. The van der Waals surface area contributed by atoms with Gasteiger partial charge in [0.2, 0.25) is 0 Å². The first-order valence-corrected chi connectivity index (χ1v) is 6.32. The van der Waals surface area contributed by atoms with Crippen LogP contribution in [0.4, 0.5) is 0 Å². The van der Waals surface area contributed by atoms with Crippen LogP contribution in [-0.4, -0.2) is 16.7 Å². The van der Waals surface area contributed by atoms with Crippen molar-refractivity contribution < 1.29 is 9.79 Å². The summed E-state index contributed by atoms with van der Waals surface area (Å²) < 4.78 is 0. The average molecular weight is 252 g/mol. The van der Waals surface area contributed by atoms with Crippen LogP contribution in [0.15, 0.2) is 22.9 Å². The summed E-state index contributed by atoms with van der Waals surface area (Å²) in [5.41, 5.74) is 6.37. The maximum absolute atomic E-state index is 11.7. The summed E-state index contributed by atoms with van der Waals surface area (Å²) in [6, 6.07) is 3.57. The van der Waals surface area contributed by atoms with Gasteiger partial charge >= 0.3 is 5.91 Å². The third-order valence-electron chi connectivity index (χ3n) is 1.89. The maximum atomic E-state index is 11.7. The number of nitrogens with zero attached hydrogens (tertiary/aromatic N) is 1. The molecule has 6 heteroatoms. The number of hydrogen-bond donors (Lipinski definition) is 2. The van der Waals surface area contributed by atoms with Crippen molar-refractivity contribution in [1.29, 1.82) is 0 Å². The minimum absolute atomic E-state index is 0.196. The standard InChI is InChI=1S/C10H9N3OS2/c1-6-12-7(5-16-6)9(11)13-10(14)8-3-2-4-15-8/h2-5H,1H3,(H2,11,13,14)/p+1. The van der Waals surface area contributed by atoms with Crippen molar-refractivity contribution in [2.45, 2.75) is 6.92 Å². The van der Waals surface area contributed by atoms with Crippen molar-refractivity contribution >= 4 is 34.4 Å². The number of nitrogens with one attached hydrogen (secondary N) is 1. The van der Waals surface area contributed by atoms with Crippen molar-refractivity contribution in [3.05, 3.63) is 38.5 Å². The fraction of sp³-hybridized carbons (Fsp3) is 0.100. The van der Waals surface area contributed by atoms with E-state index in [4.69, 9.17) is 5.73 Å². The van der Waals surface area contributed by atoms with Crippen LogP contribution in [0.3, 0.4) is 0 Å². The zero-order chi connectivity index (χ0) is 11.5. The van der Waals surface area contributed by atoms with E-state index in [1.807, 2.05) is 23.8 Å². The lowest BCUT2D eigenvalue weighted by molar-refractivity contribution is -0.345. The van der Waals surface area contributed by atoms with Crippen LogP contribution in [0.25, 0.3) is 0 Å². The molecule has 0 atom stereocenters. The first-order valence-electron chi connectivity index (χ1n) is 4.56. The number of aromatic nitrogens is 1. The van der Waals surface area contributed by atoms with Crippen LogP contribution < -0.4 is 10.7 Å². The number of hydrogen-bond acceptors (Lipinski definition) is 4. The Morgan fingerprint density at radius 1 is 1.50 bits per heavy atom. The van der Waals surface area contributed by atoms with Gasteiger partial charge in [0.05, 0.1) is 5.01 Å². The third-order valence-corrected chi connectivity index (χ3v) is 3.53. The number of amidine groups is 1. The van der Waals surface area contributed by atoms with Gasteiger partial charge in [0.1, 0.15) is 4.88 Å². The predicted octanol–water partition coefficient (Wildman–Crippen LogP) is 0.139. The number of nitrogen functional groups attached to an aromatic ring is 1. The van der Waals surface area contributed by atoms with Crippen molar-refractivity contribution in [2.75, 3.05) is 0 Å². The zero-order valence-electron chi connectivity index (χ0n) is 8.56. The molecule has 2 aromatic rings. The highest BCUT2D eigenvalue weighted by Crippen LogP contribution is 2.07. The number of nitrogens with two attached hydrogens (primary N) is 1. The molecule has 3 N–H and O–H groups in total. The average Bonchev–Trinajstić information content (AvgIpc) is 2.87. The molecule has 0 saturated carbocycles. The molecule has 0 aromatic carbocycles. The van der Waals surface area contributed by atoms with Gasteiger partial charge in [0.15, 0.2) is 5.69 Å². The van der Waals surface area contributed by atoms with Crippen LogP contribution in [0.1, 0.15) is 20.4 Å². The second-order valence-corrected chi connectivity index (χ2v) is 5.11. The van der Waals surface area contributed by atoms with Crippen LogP contribution in [0, 0.1) is 6.92 Å². The zero-order valence-corrected chi connectivity index (χ0v) is 10.2. The molecule has 2 heterocycles. The summed E-state index contributed by atoms with van der Waals surface area (Å²) in [7, 11) is 0. The highest BCUT2D eigenvalue weighted by atomic mass is 32.1. The first kappa shape index (κ1) is 11.0. The predicted molar refractivity (Wildman–Crippen MR) is 64.8 cm³/mol. The van der Waals surface area contributed by atoms with E-state index in [1.165, 1.54) is 22.7 Å². The Kier molecular flexibility index (Phi) is 3.12. The van der Waals surface area contributed by atoms with Crippen LogP contribution in [0.5, 0.6) is 0 Å². The Labute approximate surface area is 100 Å². The minimum atomic E-state index is -0.196. The van der Waals surface area contributed by atoms with Crippen LogP contribution in [-0.2, 0) is 0 Å². The molecule has 82 valence electrons. The van der Waals surface area contributed by atoms with Gasteiger partial charge < -0.3 is 0 Å². The molecular formula is C10H10N3OS2+. The number of carbonyl (C=O) groups is 1. The topological polar surface area (TPSA) is 69.9 Å². The highest BCUT2D eigenvalue weighted by molar-refractivity contribution is 7.11. The molecule has 0 bridgehead atoms.